The van der Waals surface area contributed by atoms with Crippen LogP contribution in [0.3, 0.4) is 0 Å². The Balaban J connectivity index is 2.15. The Kier molecular flexibility index (Phi) is 5.50. The van der Waals surface area contributed by atoms with Crippen molar-refractivity contribution in [3.63, 3.8) is 0 Å². The van der Waals surface area contributed by atoms with Crippen molar-refractivity contribution in [3.05, 3.63) is 58.9 Å². The molecule has 0 amide bonds. The quantitative estimate of drug-likeness (QED) is 0.622. The summed E-state index contributed by atoms with van der Waals surface area (Å²) in [6.45, 7) is 8.38. The standard InChI is InChI=1S/C19H24N2O2/c1-13-10-17(11-14(2)19(13)23-16(4)22)12-21(5)15(3)18-6-8-20-9-7-18/h6-11,15H,12H2,1-5H3/t15-/m0/s1. The number of hydrogen-bond acceptors (Lipinski definition) is 4. The molecule has 0 saturated carbocycles. The number of pyridine rings is 1. The second-order valence-electron chi connectivity index (χ2n) is 6.02. The zero-order valence-electron chi connectivity index (χ0n) is 14.5. The van der Waals surface area contributed by atoms with Crippen molar-refractivity contribution >= 4 is 5.97 Å². The first kappa shape index (κ1) is 17.2. The summed E-state index contributed by atoms with van der Waals surface area (Å²) >= 11 is 0. The van der Waals surface area contributed by atoms with Gasteiger partial charge in [-0.1, -0.05) is 12.1 Å². The number of esters is 1. The predicted molar refractivity (Wildman–Crippen MR) is 91.3 cm³/mol. The van der Waals surface area contributed by atoms with E-state index in [-0.39, 0.29) is 5.97 Å². The molecule has 0 bridgehead atoms. The highest BCUT2D eigenvalue weighted by Crippen LogP contribution is 2.27. The van der Waals surface area contributed by atoms with Crippen molar-refractivity contribution in [2.75, 3.05) is 7.05 Å². The number of aryl methyl sites for hydroxylation is 2. The predicted octanol–water partition coefficient (Wildman–Crippen LogP) is 3.82. The van der Waals surface area contributed by atoms with Gasteiger partial charge in [0.05, 0.1) is 0 Å². The van der Waals surface area contributed by atoms with Crippen LogP contribution in [0.5, 0.6) is 5.75 Å². The first-order chi connectivity index (χ1) is 10.9. The lowest BCUT2D eigenvalue weighted by Gasteiger charge is -2.25. The van der Waals surface area contributed by atoms with Gasteiger partial charge in [-0.05, 0) is 62.2 Å². The maximum atomic E-state index is 11.2. The van der Waals surface area contributed by atoms with Crippen molar-refractivity contribution in [1.82, 2.24) is 9.88 Å². The van der Waals surface area contributed by atoms with Gasteiger partial charge in [0.2, 0.25) is 0 Å². The summed E-state index contributed by atoms with van der Waals surface area (Å²) in [6.07, 6.45) is 3.64. The Morgan fingerprint density at radius 2 is 1.78 bits per heavy atom. The minimum atomic E-state index is -0.285. The van der Waals surface area contributed by atoms with Gasteiger partial charge in [0, 0.05) is 31.9 Å². The zero-order valence-corrected chi connectivity index (χ0v) is 14.5. The van der Waals surface area contributed by atoms with Crippen LogP contribution in [-0.2, 0) is 11.3 Å². The smallest absolute Gasteiger partial charge is 0.308 e. The maximum absolute atomic E-state index is 11.2. The number of nitrogens with zero attached hydrogens (tertiary/aromatic N) is 2. The molecule has 122 valence electrons. The van der Waals surface area contributed by atoms with Crippen LogP contribution in [0.1, 0.15) is 42.1 Å². The van der Waals surface area contributed by atoms with Gasteiger partial charge in [-0.25, -0.2) is 0 Å². The van der Waals surface area contributed by atoms with E-state index >= 15 is 0 Å². The third kappa shape index (κ3) is 4.39. The monoisotopic (exact) mass is 312 g/mol. The Labute approximate surface area is 138 Å². The first-order valence-electron chi connectivity index (χ1n) is 7.77. The molecule has 0 N–H and O–H groups in total. The number of hydrogen-bond donors (Lipinski definition) is 0. The third-order valence-electron chi connectivity index (χ3n) is 4.05. The molecule has 1 aromatic carbocycles. The fourth-order valence-corrected chi connectivity index (χ4v) is 2.76. The van der Waals surface area contributed by atoms with Crippen LogP contribution in [0.25, 0.3) is 0 Å². The molecule has 0 aliphatic heterocycles. The number of rotatable bonds is 5. The second-order valence-corrected chi connectivity index (χ2v) is 6.02. The molecule has 1 aromatic heterocycles. The highest BCUT2D eigenvalue weighted by atomic mass is 16.5. The Morgan fingerprint density at radius 1 is 1.22 bits per heavy atom. The van der Waals surface area contributed by atoms with Gasteiger partial charge in [-0.2, -0.15) is 0 Å². The van der Waals surface area contributed by atoms with Crippen LogP contribution >= 0.6 is 0 Å². The van der Waals surface area contributed by atoms with Crippen molar-refractivity contribution in [1.29, 1.82) is 0 Å². The minimum absolute atomic E-state index is 0.285. The lowest BCUT2D eigenvalue weighted by atomic mass is 10.0. The zero-order chi connectivity index (χ0) is 17.0. The van der Waals surface area contributed by atoms with Crippen LogP contribution in [0.15, 0.2) is 36.7 Å². The highest BCUT2D eigenvalue weighted by molar-refractivity contribution is 5.70. The van der Waals surface area contributed by atoms with E-state index in [9.17, 15) is 4.79 Å². The Hall–Kier alpha value is -2.20. The van der Waals surface area contributed by atoms with E-state index in [4.69, 9.17) is 4.74 Å². The van der Waals surface area contributed by atoms with E-state index in [2.05, 4.69) is 36.0 Å². The molecule has 4 nitrogen and oxygen atoms in total. The van der Waals surface area contributed by atoms with E-state index in [0.717, 1.165) is 17.7 Å². The molecule has 0 aliphatic rings. The van der Waals surface area contributed by atoms with Gasteiger partial charge >= 0.3 is 5.97 Å². The van der Waals surface area contributed by atoms with Crippen LogP contribution < -0.4 is 4.74 Å². The van der Waals surface area contributed by atoms with Crippen LogP contribution in [0, 0.1) is 13.8 Å². The fraction of sp³-hybridized carbons (Fsp3) is 0.368. The summed E-state index contributed by atoms with van der Waals surface area (Å²) in [5.74, 6) is 0.387. The molecule has 0 aliphatic carbocycles. The van der Waals surface area contributed by atoms with Crippen molar-refractivity contribution in [3.8, 4) is 5.75 Å². The molecular weight excluding hydrogens is 288 g/mol. The van der Waals surface area contributed by atoms with Crippen LogP contribution in [0.4, 0.5) is 0 Å². The first-order valence-corrected chi connectivity index (χ1v) is 7.77. The molecule has 2 aromatic rings. The fourth-order valence-electron chi connectivity index (χ4n) is 2.76. The van der Waals surface area contributed by atoms with Crippen LogP contribution in [0.2, 0.25) is 0 Å². The van der Waals surface area contributed by atoms with Crippen molar-refractivity contribution < 1.29 is 9.53 Å². The molecule has 4 heteroatoms. The summed E-state index contributed by atoms with van der Waals surface area (Å²) < 4.78 is 5.29. The SMILES string of the molecule is CC(=O)Oc1c(C)cc(CN(C)[C@@H](C)c2ccncc2)cc1C. The minimum Gasteiger partial charge on any atom is -0.426 e. The molecule has 0 unspecified atom stereocenters. The molecule has 0 saturated heterocycles. The van der Waals surface area contributed by atoms with Crippen LogP contribution in [-0.4, -0.2) is 22.9 Å². The van der Waals surface area contributed by atoms with E-state index in [1.807, 2.05) is 38.4 Å². The Morgan fingerprint density at radius 3 is 2.30 bits per heavy atom. The molecule has 0 spiro atoms. The number of ether oxygens (including phenoxy) is 1. The normalized spacial score (nSPS) is 12.3. The van der Waals surface area contributed by atoms with Gasteiger partial charge in [-0.15, -0.1) is 0 Å². The molecular formula is C19H24N2O2. The van der Waals surface area contributed by atoms with Gasteiger partial charge in [0.25, 0.3) is 0 Å². The molecule has 23 heavy (non-hydrogen) atoms. The molecule has 1 atom stereocenters. The summed E-state index contributed by atoms with van der Waals surface area (Å²) in [6, 6.07) is 8.55. The summed E-state index contributed by atoms with van der Waals surface area (Å²) in [7, 11) is 2.11. The largest absolute Gasteiger partial charge is 0.426 e. The van der Waals surface area contributed by atoms with Gasteiger partial charge < -0.3 is 4.74 Å². The molecule has 0 fully saturated rings. The summed E-state index contributed by atoms with van der Waals surface area (Å²) in [5.41, 5.74) is 4.42. The molecule has 0 radical (unpaired) electrons. The topological polar surface area (TPSA) is 42.4 Å². The van der Waals surface area contributed by atoms with Gasteiger partial charge in [-0.3, -0.25) is 14.7 Å². The number of aromatic nitrogens is 1. The maximum Gasteiger partial charge on any atom is 0.308 e. The third-order valence-corrected chi connectivity index (χ3v) is 4.05. The second kappa shape index (κ2) is 7.38. The summed E-state index contributed by atoms with van der Waals surface area (Å²) in [4.78, 5) is 17.5. The van der Waals surface area contributed by atoms with E-state index in [1.54, 1.807) is 0 Å². The van der Waals surface area contributed by atoms with Crippen molar-refractivity contribution in [2.24, 2.45) is 0 Å². The lowest BCUT2D eigenvalue weighted by Crippen LogP contribution is -2.22. The highest BCUT2D eigenvalue weighted by Gasteiger charge is 2.14. The average molecular weight is 312 g/mol. The number of carbonyl (C=O) groups is 1. The number of carbonyl (C=O) groups excluding carboxylic acids is 1. The van der Waals surface area contributed by atoms with E-state index in [0.29, 0.717) is 11.8 Å². The van der Waals surface area contributed by atoms with E-state index < -0.39 is 0 Å². The molecule has 2 rings (SSSR count). The van der Waals surface area contributed by atoms with Gasteiger partial charge in [0.15, 0.2) is 0 Å². The summed E-state index contributed by atoms with van der Waals surface area (Å²) in [5, 5.41) is 0. The number of benzene rings is 1. The van der Waals surface area contributed by atoms with Crippen molar-refractivity contribution in [2.45, 2.75) is 40.3 Å². The lowest BCUT2D eigenvalue weighted by molar-refractivity contribution is -0.131. The van der Waals surface area contributed by atoms with E-state index in [1.165, 1.54) is 18.1 Å². The average Bonchev–Trinajstić information content (AvgIpc) is 2.51. The van der Waals surface area contributed by atoms with Gasteiger partial charge in [0.1, 0.15) is 5.75 Å². The molecule has 1 heterocycles. The Bertz CT molecular complexity index is 660.